The van der Waals surface area contributed by atoms with Crippen LogP contribution in [0.3, 0.4) is 0 Å². The first-order valence-corrected chi connectivity index (χ1v) is 11.4. The van der Waals surface area contributed by atoms with Crippen LogP contribution < -0.4 is 5.32 Å². The number of nitrogens with zero attached hydrogens (tertiary/aromatic N) is 2. The minimum absolute atomic E-state index is 0.0685. The Kier molecular flexibility index (Phi) is 6.22. The molecule has 0 atom stereocenters. The monoisotopic (exact) mass is 415 g/mol. The molecule has 1 fully saturated rings. The van der Waals surface area contributed by atoms with E-state index < -0.39 is 0 Å². The van der Waals surface area contributed by atoms with Gasteiger partial charge in [-0.2, -0.15) is 0 Å². The van der Waals surface area contributed by atoms with Crippen LogP contribution in [0.15, 0.2) is 41.7 Å². The quantitative estimate of drug-likeness (QED) is 0.343. The van der Waals surface area contributed by atoms with Crippen molar-refractivity contribution in [1.29, 1.82) is 0 Å². The van der Waals surface area contributed by atoms with Crippen molar-refractivity contribution in [3.05, 3.63) is 42.5 Å². The smallest absolute Gasteiger partial charge is 0.230 e. The predicted octanol–water partition coefficient (Wildman–Crippen LogP) is 5.43. The van der Waals surface area contributed by atoms with E-state index >= 15 is 0 Å². The second-order valence-corrected chi connectivity index (χ2v) is 9.07. The van der Waals surface area contributed by atoms with Crippen molar-refractivity contribution < 1.29 is 9.18 Å². The molecule has 2 heterocycles. The molecule has 1 N–H and O–H groups in total. The lowest BCUT2D eigenvalue weighted by Crippen LogP contribution is -2.35. The average Bonchev–Trinajstić information content (AvgIpc) is 2.98. The number of amides is 1. The summed E-state index contributed by atoms with van der Waals surface area (Å²) in [5, 5.41) is 4.00. The first-order chi connectivity index (χ1) is 13.7. The number of halogens is 1. The third-order valence-electron chi connectivity index (χ3n) is 4.97. The number of carbonyl (C=O) groups is 1. The third kappa shape index (κ3) is 4.70. The lowest BCUT2D eigenvalue weighted by molar-refractivity contribution is -0.119. The molecule has 3 aromatic rings. The highest BCUT2D eigenvalue weighted by molar-refractivity contribution is 8.00. The summed E-state index contributed by atoms with van der Waals surface area (Å²) in [6.07, 6.45) is 8.65. The topological polar surface area (TPSA) is 54.9 Å². The van der Waals surface area contributed by atoms with Crippen LogP contribution in [-0.4, -0.2) is 27.7 Å². The summed E-state index contributed by atoms with van der Waals surface area (Å²) < 4.78 is 14.1. The second kappa shape index (κ2) is 9.01. The number of thiophene rings is 1. The fourth-order valence-electron chi connectivity index (χ4n) is 3.52. The Hall–Kier alpha value is -1.99. The Bertz CT molecular complexity index is 950. The van der Waals surface area contributed by atoms with E-state index in [9.17, 15) is 9.18 Å². The molecule has 0 bridgehead atoms. The Labute approximate surface area is 172 Å². The molecular formula is C21H22FN3OS2. The number of aromatic nitrogens is 2. The molecule has 146 valence electrons. The molecule has 0 saturated heterocycles. The van der Waals surface area contributed by atoms with Crippen LogP contribution >= 0.6 is 23.1 Å². The van der Waals surface area contributed by atoms with Gasteiger partial charge in [0.25, 0.3) is 0 Å². The zero-order valence-corrected chi connectivity index (χ0v) is 17.1. The second-order valence-electron chi connectivity index (χ2n) is 7.06. The van der Waals surface area contributed by atoms with Gasteiger partial charge in [0.2, 0.25) is 5.91 Å². The van der Waals surface area contributed by atoms with Gasteiger partial charge in [0, 0.05) is 10.9 Å². The van der Waals surface area contributed by atoms with Crippen molar-refractivity contribution in [3.63, 3.8) is 0 Å². The molecule has 0 spiro atoms. The number of hydrogen-bond donors (Lipinski definition) is 1. The minimum Gasteiger partial charge on any atom is -0.353 e. The first kappa shape index (κ1) is 19.3. The Morgan fingerprint density at radius 3 is 2.64 bits per heavy atom. The van der Waals surface area contributed by atoms with Gasteiger partial charge >= 0.3 is 0 Å². The highest BCUT2D eigenvalue weighted by atomic mass is 32.2. The van der Waals surface area contributed by atoms with Crippen molar-refractivity contribution in [2.24, 2.45) is 0 Å². The molecule has 0 unspecified atom stereocenters. The number of benzene rings is 1. The fraction of sp³-hybridized carbons (Fsp3) is 0.381. The molecule has 2 aromatic heterocycles. The van der Waals surface area contributed by atoms with Crippen molar-refractivity contribution in [2.45, 2.75) is 49.6 Å². The number of rotatable bonds is 5. The van der Waals surface area contributed by atoms with E-state index in [1.54, 1.807) is 23.5 Å². The molecule has 1 aliphatic carbocycles. The van der Waals surface area contributed by atoms with E-state index in [1.807, 2.05) is 6.07 Å². The average molecular weight is 416 g/mol. The summed E-state index contributed by atoms with van der Waals surface area (Å²) in [6.45, 7) is 0. The maximum atomic E-state index is 13.2. The van der Waals surface area contributed by atoms with Crippen molar-refractivity contribution in [1.82, 2.24) is 15.3 Å². The molecule has 28 heavy (non-hydrogen) atoms. The van der Waals surface area contributed by atoms with Gasteiger partial charge in [0.05, 0.1) is 16.0 Å². The summed E-state index contributed by atoms with van der Waals surface area (Å²) in [6, 6.07) is 8.75. The minimum atomic E-state index is -0.249. The molecule has 4 nitrogen and oxygen atoms in total. The number of carbonyl (C=O) groups excluding carboxylic acids is 1. The molecule has 4 rings (SSSR count). The predicted molar refractivity (Wildman–Crippen MR) is 113 cm³/mol. The van der Waals surface area contributed by atoms with Gasteiger partial charge in [-0.15, -0.1) is 11.3 Å². The van der Waals surface area contributed by atoms with Crippen LogP contribution in [0.25, 0.3) is 20.7 Å². The van der Waals surface area contributed by atoms with Crippen LogP contribution in [-0.2, 0) is 4.79 Å². The molecule has 0 aliphatic heterocycles. The zero-order chi connectivity index (χ0) is 19.3. The van der Waals surface area contributed by atoms with Gasteiger partial charge in [0.15, 0.2) is 0 Å². The first-order valence-electron chi connectivity index (χ1n) is 9.62. The molecule has 1 saturated carbocycles. The molecule has 7 heteroatoms. The summed E-state index contributed by atoms with van der Waals surface area (Å²) in [5.74, 6) is 0.173. The van der Waals surface area contributed by atoms with Gasteiger partial charge in [-0.3, -0.25) is 4.79 Å². The van der Waals surface area contributed by atoms with Gasteiger partial charge in [0.1, 0.15) is 17.2 Å². The molecule has 1 aromatic carbocycles. The van der Waals surface area contributed by atoms with E-state index in [-0.39, 0.29) is 11.7 Å². The largest absolute Gasteiger partial charge is 0.353 e. The van der Waals surface area contributed by atoms with Crippen molar-refractivity contribution in [3.8, 4) is 10.4 Å². The van der Waals surface area contributed by atoms with Gasteiger partial charge < -0.3 is 5.32 Å². The van der Waals surface area contributed by atoms with Gasteiger partial charge in [-0.1, -0.05) is 49.6 Å². The van der Waals surface area contributed by atoms with Crippen LogP contribution in [0.5, 0.6) is 0 Å². The highest BCUT2D eigenvalue weighted by Crippen LogP contribution is 2.36. The zero-order valence-electron chi connectivity index (χ0n) is 15.5. The summed E-state index contributed by atoms with van der Waals surface area (Å²) in [4.78, 5) is 22.1. The van der Waals surface area contributed by atoms with Crippen molar-refractivity contribution >= 4 is 39.2 Å². The molecular weight excluding hydrogens is 393 g/mol. The van der Waals surface area contributed by atoms with Crippen LogP contribution in [0, 0.1) is 5.82 Å². The standard InChI is InChI=1S/C21H22FN3OS2/c22-15-9-7-14(8-10-15)18-11-17-20(28-18)21(24-13-23-17)27-12-19(26)25-16-5-3-1-2-4-6-16/h7-11,13,16H,1-6,12H2,(H,25,26). The van der Waals surface area contributed by atoms with E-state index in [2.05, 4.69) is 15.3 Å². The Balaban J connectivity index is 1.45. The number of thioether (sulfide) groups is 1. The van der Waals surface area contributed by atoms with Crippen LogP contribution in [0.2, 0.25) is 0 Å². The van der Waals surface area contributed by atoms with Gasteiger partial charge in [-0.05, 0) is 36.6 Å². The Morgan fingerprint density at radius 1 is 1.14 bits per heavy atom. The normalized spacial score (nSPS) is 15.5. The van der Waals surface area contributed by atoms with E-state index in [1.165, 1.54) is 55.9 Å². The van der Waals surface area contributed by atoms with Crippen LogP contribution in [0.4, 0.5) is 4.39 Å². The Morgan fingerprint density at radius 2 is 1.89 bits per heavy atom. The maximum absolute atomic E-state index is 13.2. The van der Waals surface area contributed by atoms with Crippen molar-refractivity contribution in [2.75, 3.05) is 5.75 Å². The molecule has 0 radical (unpaired) electrons. The molecule has 1 amide bonds. The maximum Gasteiger partial charge on any atom is 0.230 e. The van der Waals surface area contributed by atoms with Gasteiger partial charge in [-0.25, -0.2) is 14.4 Å². The lowest BCUT2D eigenvalue weighted by atomic mass is 10.1. The summed E-state index contributed by atoms with van der Waals surface area (Å²) in [5.41, 5.74) is 1.80. The number of hydrogen-bond acceptors (Lipinski definition) is 5. The summed E-state index contributed by atoms with van der Waals surface area (Å²) in [7, 11) is 0. The lowest BCUT2D eigenvalue weighted by Gasteiger charge is -2.15. The highest BCUT2D eigenvalue weighted by Gasteiger charge is 2.16. The van der Waals surface area contributed by atoms with E-state index in [4.69, 9.17) is 0 Å². The molecule has 1 aliphatic rings. The van der Waals surface area contributed by atoms with E-state index in [0.717, 1.165) is 38.5 Å². The fourth-order valence-corrected chi connectivity index (χ4v) is 5.53. The summed E-state index contributed by atoms with van der Waals surface area (Å²) >= 11 is 3.02. The number of fused-ring (bicyclic) bond motifs is 1. The number of nitrogens with one attached hydrogen (secondary N) is 1. The third-order valence-corrected chi connectivity index (χ3v) is 7.27. The van der Waals surface area contributed by atoms with Crippen LogP contribution in [0.1, 0.15) is 38.5 Å². The van der Waals surface area contributed by atoms with E-state index in [0.29, 0.717) is 11.8 Å². The SMILES string of the molecule is O=C(CSc1ncnc2cc(-c3ccc(F)cc3)sc12)NC1CCCCCC1.